The van der Waals surface area contributed by atoms with Crippen LogP contribution in [0.2, 0.25) is 0 Å². The Balaban J connectivity index is 0.978. The van der Waals surface area contributed by atoms with Crippen molar-refractivity contribution in [2.45, 2.75) is 11.3 Å². The minimum atomic E-state index is -3.55. The van der Waals surface area contributed by atoms with Gasteiger partial charge in [0.1, 0.15) is 5.39 Å². The Hall–Kier alpha value is -3.80. The SMILES string of the molecule is COc1cc2c(cc1OCCCN1CCN(C)CC1)[nH]c1nc[nH+]c(N3CCN(C(=S)Nc4ccc(S(=O)(=O)N5CCOCC5)cc4)CC3)c12. The molecule has 0 atom stereocenters. The lowest BCUT2D eigenvalue weighted by Gasteiger charge is -2.34. The third-order valence-electron chi connectivity index (χ3n) is 9.76. The van der Waals surface area contributed by atoms with Crippen molar-refractivity contribution in [1.82, 2.24) is 29.0 Å². The molecule has 3 aliphatic rings. The highest BCUT2D eigenvalue weighted by molar-refractivity contribution is 7.89. The van der Waals surface area contributed by atoms with Gasteiger partial charge in [0.2, 0.25) is 27.8 Å². The molecule has 0 saturated carbocycles. The molecule has 0 bridgehead atoms. The second kappa shape index (κ2) is 15.2. The molecule has 0 radical (unpaired) electrons. The Morgan fingerprint density at radius 3 is 2.46 bits per heavy atom. The number of likely N-dealkylation sites (N-methyl/N-ethyl adjacent to an activating group) is 1. The maximum Gasteiger partial charge on any atom is 0.243 e. The minimum Gasteiger partial charge on any atom is -0.493 e. The molecule has 14 nitrogen and oxygen atoms in total. The van der Waals surface area contributed by atoms with Crippen LogP contribution in [0.1, 0.15) is 6.42 Å². The number of aromatic nitrogens is 3. The van der Waals surface area contributed by atoms with Crippen molar-refractivity contribution in [2.75, 3.05) is 116 Å². The van der Waals surface area contributed by atoms with Crippen LogP contribution in [-0.4, -0.2) is 148 Å². The summed E-state index contributed by atoms with van der Waals surface area (Å²) in [5.74, 6) is 2.40. The molecule has 7 rings (SSSR count). The van der Waals surface area contributed by atoms with Crippen LogP contribution in [0.25, 0.3) is 21.9 Å². The van der Waals surface area contributed by atoms with Gasteiger partial charge in [-0.25, -0.2) is 13.4 Å². The predicted molar refractivity (Wildman–Crippen MR) is 197 cm³/mol. The van der Waals surface area contributed by atoms with Crippen LogP contribution < -0.4 is 24.7 Å². The van der Waals surface area contributed by atoms with E-state index in [0.29, 0.717) is 56.9 Å². The van der Waals surface area contributed by atoms with Crippen LogP contribution in [0.15, 0.2) is 47.6 Å². The van der Waals surface area contributed by atoms with Crippen molar-refractivity contribution < 1.29 is 27.6 Å². The molecular weight excluding hydrogens is 679 g/mol. The van der Waals surface area contributed by atoms with Gasteiger partial charge in [-0.3, -0.25) is 4.90 Å². The van der Waals surface area contributed by atoms with Crippen LogP contribution in [0.3, 0.4) is 0 Å². The topological polar surface area (TPSA) is 133 Å². The fourth-order valence-electron chi connectivity index (χ4n) is 6.80. The molecule has 3 fully saturated rings. The largest absolute Gasteiger partial charge is 0.493 e. The maximum absolute atomic E-state index is 13.0. The van der Waals surface area contributed by atoms with Gasteiger partial charge in [-0.2, -0.15) is 4.31 Å². The third-order valence-corrected chi connectivity index (χ3v) is 12.0. The lowest BCUT2D eigenvalue weighted by molar-refractivity contribution is -0.367. The zero-order valence-corrected chi connectivity index (χ0v) is 30.3. The number of fused-ring (bicyclic) bond motifs is 3. The number of H-pyrrole nitrogens is 2. The van der Waals surface area contributed by atoms with Crippen LogP contribution in [0, 0.1) is 0 Å². The molecule has 3 saturated heterocycles. The summed E-state index contributed by atoms with van der Waals surface area (Å²) in [6, 6.07) is 10.8. The molecule has 4 aromatic rings. The van der Waals surface area contributed by atoms with Gasteiger partial charge in [0.25, 0.3) is 0 Å². The van der Waals surface area contributed by atoms with E-state index in [1.807, 2.05) is 12.1 Å². The summed E-state index contributed by atoms with van der Waals surface area (Å²) in [5.41, 5.74) is 2.48. The van der Waals surface area contributed by atoms with Crippen molar-refractivity contribution in [1.29, 1.82) is 0 Å². The number of aromatic amines is 2. The fraction of sp³-hybridized carbons (Fsp3) is 0.500. The van der Waals surface area contributed by atoms with E-state index < -0.39 is 10.0 Å². The number of benzene rings is 2. The Bertz CT molecular complexity index is 1900. The molecule has 50 heavy (non-hydrogen) atoms. The van der Waals surface area contributed by atoms with Crippen LogP contribution in [0.4, 0.5) is 11.5 Å². The number of methoxy groups -OCH3 is 1. The second-order valence-corrected chi connectivity index (χ2v) is 15.3. The van der Waals surface area contributed by atoms with Crippen molar-refractivity contribution >= 4 is 60.8 Å². The van der Waals surface area contributed by atoms with Gasteiger partial charge in [-0.1, -0.05) is 4.98 Å². The monoisotopic (exact) mass is 724 g/mol. The number of thiocarbonyl (C=S) groups is 1. The first kappa shape index (κ1) is 34.6. The Labute approximate surface area is 298 Å². The first-order chi connectivity index (χ1) is 24.3. The average molecular weight is 725 g/mol. The fourth-order valence-corrected chi connectivity index (χ4v) is 8.51. The molecule has 0 spiro atoms. The molecule has 2 aromatic heterocycles. The maximum atomic E-state index is 13.0. The highest BCUT2D eigenvalue weighted by atomic mass is 32.2. The zero-order valence-electron chi connectivity index (χ0n) is 28.7. The number of hydrogen-bond donors (Lipinski definition) is 2. The Kier molecular flexibility index (Phi) is 10.5. The number of morpholine rings is 1. The molecule has 2 aromatic carbocycles. The summed E-state index contributed by atoms with van der Waals surface area (Å²) in [6.07, 6.45) is 2.68. The lowest BCUT2D eigenvalue weighted by atomic mass is 10.1. The zero-order chi connectivity index (χ0) is 34.7. The quantitative estimate of drug-likeness (QED) is 0.183. The Morgan fingerprint density at radius 1 is 1.00 bits per heavy atom. The number of piperazine rings is 2. The summed E-state index contributed by atoms with van der Waals surface area (Å²) >= 11 is 5.76. The molecule has 5 heterocycles. The van der Waals surface area contributed by atoms with Gasteiger partial charge >= 0.3 is 0 Å². The molecule has 0 aliphatic carbocycles. The van der Waals surface area contributed by atoms with Crippen molar-refractivity contribution in [2.24, 2.45) is 0 Å². The predicted octanol–water partition coefficient (Wildman–Crippen LogP) is 2.10. The smallest absolute Gasteiger partial charge is 0.243 e. The molecule has 268 valence electrons. The molecule has 16 heteroatoms. The highest BCUT2D eigenvalue weighted by Crippen LogP contribution is 2.38. The summed E-state index contributed by atoms with van der Waals surface area (Å²) < 4.78 is 44.8. The van der Waals surface area contributed by atoms with Crippen molar-refractivity contribution in [3.8, 4) is 11.5 Å². The molecule has 0 unspecified atom stereocenters. The van der Waals surface area contributed by atoms with E-state index in [1.165, 1.54) is 4.31 Å². The van der Waals surface area contributed by atoms with E-state index in [2.05, 4.69) is 46.9 Å². The van der Waals surface area contributed by atoms with Gasteiger partial charge in [0, 0.05) is 63.0 Å². The van der Waals surface area contributed by atoms with E-state index in [0.717, 1.165) is 91.4 Å². The van der Waals surface area contributed by atoms with Crippen molar-refractivity contribution in [3.63, 3.8) is 0 Å². The molecule has 3 aliphatic heterocycles. The second-order valence-electron chi connectivity index (χ2n) is 12.9. The van der Waals surface area contributed by atoms with Gasteiger partial charge < -0.3 is 39.2 Å². The van der Waals surface area contributed by atoms with Gasteiger partial charge in [0.15, 0.2) is 16.6 Å². The highest BCUT2D eigenvalue weighted by Gasteiger charge is 2.29. The first-order valence-electron chi connectivity index (χ1n) is 17.2. The number of anilines is 2. The van der Waals surface area contributed by atoms with E-state index in [-0.39, 0.29) is 4.90 Å². The first-order valence-corrected chi connectivity index (χ1v) is 19.1. The minimum absolute atomic E-state index is 0.264. The molecule has 3 N–H and O–H groups in total. The van der Waals surface area contributed by atoms with Crippen LogP contribution in [0.5, 0.6) is 11.5 Å². The van der Waals surface area contributed by atoms with E-state index >= 15 is 0 Å². The van der Waals surface area contributed by atoms with E-state index in [1.54, 1.807) is 37.7 Å². The number of nitrogens with one attached hydrogen (secondary N) is 3. The third kappa shape index (κ3) is 7.45. The number of rotatable bonds is 10. The van der Waals surface area contributed by atoms with E-state index in [9.17, 15) is 8.42 Å². The lowest BCUT2D eigenvalue weighted by Crippen LogP contribution is -2.51. The number of hydrogen-bond acceptors (Lipinski definition) is 10. The van der Waals surface area contributed by atoms with Gasteiger partial charge in [-0.15, -0.1) is 0 Å². The molecular formula is C34H46N9O5S2+. The summed E-state index contributed by atoms with van der Waals surface area (Å²) in [4.78, 5) is 21.1. The average Bonchev–Trinajstić information content (AvgIpc) is 3.52. The summed E-state index contributed by atoms with van der Waals surface area (Å²) in [5, 5.41) is 5.91. The van der Waals surface area contributed by atoms with Crippen LogP contribution >= 0.6 is 12.2 Å². The number of nitrogens with zero attached hydrogens (tertiary/aromatic N) is 6. The van der Waals surface area contributed by atoms with Crippen LogP contribution in [-0.2, 0) is 14.8 Å². The molecule has 0 amide bonds. The normalized spacial score (nSPS) is 18.5. The number of ether oxygens (including phenoxy) is 3. The number of sulfonamides is 1. The van der Waals surface area contributed by atoms with Crippen molar-refractivity contribution in [3.05, 3.63) is 42.7 Å². The van der Waals surface area contributed by atoms with Gasteiger partial charge in [0.05, 0.1) is 63.5 Å². The summed E-state index contributed by atoms with van der Waals surface area (Å²) in [6.45, 7) is 10.5. The van der Waals surface area contributed by atoms with Gasteiger partial charge in [-0.05, 0) is 56.0 Å². The van der Waals surface area contributed by atoms with E-state index in [4.69, 9.17) is 26.4 Å². The Morgan fingerprint density at radius 2 is 1.74 bits per heavy atom. The standard InChI is InChI=1S/C34H45N9O5S2/c1-39-9-11-40(12-10-39)8-3-19-48-30-23-28-27(22-29(30)46-2)31-32(38-28)35-24-36-33(31)41-13-15-42(16-14-41)34(49)37-25-4-6-26(7-5-25)50(44,45)43-17-20-47-21-18-43/h4-7,22-24H,3,8-21H2,1-2H3,(H,37,49)(H,35,36,38)/p+1. The summed E-state index contributed by atoms with van der Waals surface area (Å²) in [7, 11) is 0.301.